The summed E-state index contributed by atoms with van der Waals surface area (Å²) < 4.78 is 28.8. The molecule has 0 unspecified atom stereocenters. The number of hydrogen-bond donors (Lipinski definition) is 23. The molecule has 28 N–H and O–H groups in total. The Balaban J connectivity index is 0.986. The summed E-state index contributed by atoms with van der Waals surface area (Å²) in [4.78, 5) is 148. The van der Waals surface area contributed by atoms with E-state index in [2.05, 4.69) is 82.7 Å². The summed E-state index contributed by atoms with van der Waals surface area (Å²) >= 11 is 2.49. The highest BCUT2D eigenvalue weighted by atomic mass is 32.1. The van der Waals surface area contributed by atoms with E-state index >= 15 is 4.79 Å². The van der Waals surface area contributed by atoms with Crippen LogP contribution in [0, 0.1) is 12.8 Å². The monoisotopic (exact) mass is 1600 g/mol. The molecule has 43 nitrogen and oxygen atoms in total. The van der Waals surface area contributed by atoms with Gasteiger partial charge in [0.25, 0.3) is 17.7 Å². The number of aliphatic hydroxyl groups is 8. The van der Waals surface area contributed by atoms with Gasteiger partial charge in [0, 0.05) is 67.7 Å². The quantitative estimate of drug-likeness (QED) is 0.0161. The molecule has 2 aliphatic heterocycles. The number of H-pyrrole nitrogens is 1. The molecule has 2 saturated heterocycles. The second kappa shape index (κ2) is 43.6. The van der Waals surface area contributed by atoms with Crippen LogP contribution in [0.1, 0.15) is 118 Å². The number of unbranched alkanes of at least 4 members (excludes halogenated alkanes) is 1. The van der Waals surface area contributed by atoms with E-state index in [1.54, 1.807) is 29.1 Å². The van der Waals surface area contributed by atoms with Crippen molar-refractivity contribution in [3.63, 3.8) is 0 Å². The third-order valence-electron chi connectivity index (χ3n) is 17.8. The Morgan fingerprint density at radius 1 is 0.685 bits per heavy atom. The standard InChI is InChI=1S/C66H99N21O22S2/c1-29-43(84-56(87-54(29)69)35(20-41(68)91)79-22-34(67)55(70)97)61(102)86-45(51(36-23-75-28-80-36)107-65-53(49(95)47(93)39(24-88)106-65)108-64-50(96)52(109-66(71)104)48(94)40(25-89)105-64)62(103)81-31(3)46(92)30(2)57(98)85-44(32(4)90)60(101)78-19-11-42-82-38(27-110-42)63-83-37(26-111-63)59(100)77-18-9-16-73-13-6-5-12-72-15-8-17-76-58(99)33-10-7-14-74-21-33/h7,10,14,21,23,26-28,30-32,34-35,39-40,44-53,64-65,72-73,79,88-90,92-96H,5-6,8-9,11-13,15-20,22,24-25,67H2,1-4H3,(H2,68,91)(H2,70,97)(H2,71,104)(H,75,80)(H,76,99)(H,77,100)(H,78,101)(H,81,103)(H,85,98)(H,86,102)(H2,69,84,87)/t30-,31+,32+,34-,35-,39-,40+,44-,45-,46-,47+,48+,49-,50-,51-,52-,53-,64+,65-/m0/s1. The number of amides is 9. The van der Waals surface area contributed by atoms with Gasteiger partial charge in [0.1, 0.15) is 94.6 Å². The highest BCUT2D eigenvalue weighted by Gasteiger charge is 2.54. The topological polar surface area (TPSA) is 693 Å². The molecule has 0 aromatic carbocycles. The maximum atomic E-state index is 15.2. The molecule has 0 radical (unpaired) electrons. The number of pyridine rings is 1. The number of nitrogens with one attached hydrogen (secondary N) is 10. The van der Waals surface area contributed by atoms with Crippen LogP contribution in [-0.4, -0.2) is 292 Å². The lowest BCUT2D eigenvalue weighted by molar-refractivity contribution is -0.372. The molecule has 5 aromatic heterocycles. The number of rotatable bonds is 45. The normalized spacial score (nSPS) is 22.2. The van der Waals surface area contributed by atoms with Crippen LogP contribution in [0.5, 0.6) is 0 Å². The van der Waals surface area contributed by atoms with Gasteiger partial charge in [-0.05, 0) is 84.8 Å². The van der Waals surface area contributed by atoms with Crippen LogP contribution >= 0.6 is 22.7 Å². The summed E-state index contributed by atoms with van der Waals surface area (Å²) in [7, 11) is 0. The molecular formula is C66H99N21O22S2. The Kier molecular flexibility index (Phi) is 35.0. The van der Waals surface area contributed by atoms with Crippen LogP contribution in [0.2, 0.25) is 0 Å². The molecule has 9 amide bonds. The lowest BCUT2D eigenvalue weighted by Crippen LogP contribution is -2.65. The van der Waals surface area contributed by atoms with Crippen molar-refractivity contribution in [1.29, 1.82) is 0 Å². The molecule has 111 heavy (non-hydrogen) atoms. The Morgan fingerprint density at radius 2 is 1.35 bits per heavy atom. The highest BCUT2D eigenvalue weighted by molar-refractivity contribution is 7.14. The number of carbonyl (C=O) groups excluding carboxylic acids is 9. The van der Waals surface area contributed by atoms with Crippen LogP contribution in [0.3, 0.4) is 0 Å². The molecule has 7 rings (SSSR count). The summed E-state index contributed by atoms with van der Waals surface area (Å²) in [6.45, 7) is 6.75. The molecule has 0 bridgehead atoms. The number of nitrogens with two attached hydrogens (primary N) is 5. The minimum absolute atomic E-state index is 0.0259. The van der Waals surface area contributed by atoms with E-state index in [9.17, 15) is 79.2 Å². The van der Waals surface area contributed by atoms with Crippen LogP contribution < -0.4 is 76.5 Å². The number of imidazole rings is 1. The second-order valence-electron chi connectivity index (χ2n) is 26.2. The van der Waals surface area contributed by atoms with E-state index < -0.39 is 183 Å². The van der Waals surface area contributed by atoms with Crippen LogP contribution in [0.4, 0.5) is 10.6 Å². The van der Waals surface area contributed by atoms with Gasteiger partial charge >= 0.3 is 6.09 Å². The van der Waals surface area contributed by atoms with Gasteiger partial charge in [0.05, 0.1) is 78.3 Å². The van der Waals surface area contributed by atoms with E-state index in [0.717, 1.165) is 51.4 Å². The first-order valence-electron chi connectivity index (χ1n) is 35.5. The third kappa shape index (κ3) is 25.7. The average Bonchev–Trinajstić information content (AvgIpc) is 1.08. The van der Waals surface area contributed by atoms with E-state index in [0.29, 0.717) is 47.3 Å². The summed E-state index contributed by atoms with van der Waals surface area (Å²) in [5.74, 6) is -8.95. The number of anilines is 1. The largest absolute Gasteiger partial charge is 0.441 e. The minimum Gasteiger partial charge on any atom is -0.441 e. The number of aliphatic hydroxyl groups excluding tert-OH is 8. The molecular weight excluding hydrogens is 1500 g/mol. The van der Waals surface area contributed by atoms with Crippen molar-refractivity contribution < 1.29 is 108 Å². The molecule has 612 valence electrons. The fraction of sp³-hybridized carbons (Fsp3) is 0.591. The van der Waals surface area contributed by atoms with Crippen LogP contribution in [-0.2, 0) is 54.1 Å². The molecule has 19 atom stereocenters. The molecule has 5 aromatic rings. The number of nitrogen functional groups attached to an aromatic ring is 1. The number of hydrogen-bond acceptors (Lipinski definition) is 35. The van der Waals surface area contributed by atoms with E-state index in [-0.39, 0.29) is 59.9 Å². The van der Waals surface area contributed by atoms with Crippen molar-refractivity contribution in [2.45, 2.75) is 176 Å². The molecule has 0 saturated carbocycles. The van der Waals surface area contributed by atoms with Gasteiger partial charge in [-0.25, -0.2) is 29.7 Å². The van der Waals surface area contributed by atoms with Gasteiger partial charge in [-0.3, -0.25) is 43.3 Å². The molecule has 2 aliphatic rings. The number of aromatic nitrogens is 7. The summed E-state index contributed by atoms with van der Waals surface area (Å²) in [5.41, 5.74) is 28.6. The van der Waals surface area contributed by atoms with Crippen molar-refractivity contribution in [2.24, 2.45) is 28.9 Å². The number of nitrogens with zero attached hydrogens (tertiary/aromatic N) is 6. The van der Waals surface area contributed by atoms with Crippen LogP contribution in [0.15, 0.2) is 47.8 Å². The Hall–Kier alpha value is -9.11. The number of ether oxygens (including phenoxy) is 5. The zero-order chi connectivity index (χ0) is 81.2. The number of aromatic amines is 1. The zero-order valence-electron chi connectivity index (χ0n) is 61.1. The first-order chi connectivity index (χ1) is 52.9. The second-order valence-corrected chi connectivity index (χ2v) is 28.0. The maximum Gasteiger partial charge on any atom is 0.404 e. The lowest BCUT2D eigenvalue weighted by Gasteiger charge is -2.47. The summed E-state index contributed by atoms with van der Waals surface area (Å²) in [6, 6.07) is -4.48. The molecule has 2 fully saturated rings. The fourth-order valence-corrected chi connectivity index (χ4v) is 13.0. The molecule has 0 aliphatic carbocycles. The predicted octanol–water partition coefficient (Wildman–Crippen LogP) is -7.41. The minimum atomic E-state index is -2.21. The number of carbonyl (C=O) groups is 9. The number of primary amides is 3. The first kappa shape index (κ1) is 89.1. The summed E-state index contributed by atoms with van der Waals surface area (Å²) in [6.07, 6.45) is -18.7. The van der Waals surface area contributed by atoms with Gasteiger partial charge < -0.3 is 146 Å². The van der Waals surface area contributed by atoms with Crippen molar-refractivity contribution in [3.8, 4) is 10.7 Å². The lowest BCUT2D eigenvalue weighted by atomic mass is 9.96. The van der Waals surface area contributed by atoms with E-state index in [4.69, 9.17) is 52.4 Å². The molecule has 0 spiro atoms. The van der Waals surface area contributed by atoms with E-state index in [1.807, 2.05) is 0 Å². The SMILES string of the molecule is Cc1c(N)nc([C@H](CC(N)=O)NC[C@H](N)C(N)=O)nc1C(=O)N[C@H](C(=O)N[C@H](C)[C@@H](O)[C@H](C)C(=O)N[C@H](C(=O)NCCc1nc(-c2nc(C(=O)NCCCNCCCCNCCCNC(=O)c3cccnc3)cs2)cs1)[C@@H](C)O)[C@@H](O[C@@H]1O[C@@H](CO)[C@@H](O)[C@H](O)[C@@H]1O[C@H]1O[C@H](CO)[C@@H](O)[C@H](OC(N)=O)[C@@H]1O)c1cnc[nH]1. The first-order valence-corrected chi connectivity index (χ1v) is 37.2. The van der Waals surface area contributed by atoms with Crippen molar-refractivity contribution >= 4 is 81.8 Å². The van der Waals surface area contributed by atoms with Crippen molar-refractivity contribution in [3.05, 3.63) is 86.9 Å². The van der Waals surface area contributed by atoms with Gasteiger partial charge in [0.15, 0.2) is 18.7 Å². The van der Waals surface area contributed by atoms with Crippen LogP contribution in [0.25, 0.3) is 10.7 Å². The molecule has 7 heterocycles. The maximum absolute atomic E-state index is 15.2. The Labute approximate surface area is 643 Å². The predicted molar refractivity (Wildman–Crippen MR) is 391 cm³/mol. The van der Waals surface area contributed by atoms with Gasteiger partial charge in [-0.1, -0.05) is 6.92 Å². The van der Waals surface area contributed by atoms with Gasteiger partial charge in [-0.2, -0.15) is 0 Å². The Bertz CT molecular complexity index is 3850. The zero-order valence-corrected chi connectivity index (χ0v) is 62.7. The summed E-state index contributed by atoms with van der Waals surface area (Å²) in [5, 5.41) is 118. The fourth-order valence-electron chi connectivity index (χ4n) is 11.4. The average molecular weight is 1600 g/mol. The Morgan fingerprint density at radius 3 is 1.97 bits per heavy atom. The van der Waals surface area contributed by atoms with Gasteiger partial charge in [-0.15, -0.1) is 22.7 Å². The highest BCUT2D eigenvalue weighted by Crippen LogP contribution is 2.35. The van der Waals surface area contributed by atoms with E-state index in [1.165, 1.54) is 56.6 Å². The smallest absolute Gasteiger partial charge is 0.404 e. The molecule has 45 heteroatoms. The van der Waals surface area contributed by atoms with Crippen molar-refractivity contribution in [1.82, 2.24) is 82.7 Å². The number of thiazole rings is 2. The third-order valence-corrected chi connectivity index (χ3v) is 19.6. The van der Waals surface area contributed by atoms with Gasteiger partial charge in [0.2, 0.25) is 29.5 Å². The van der Waals surface area contributed by atoms with Crippen molar-refractivity contribution in [2.75, 3.05) is 71.3 Å².